The molecule has 30 heavy (non-hydrogen) atoms. The van der Waals surface area contributed by atoms with Crippen LogP contribution in [0.1, 0.15) is 28.4 Å². The summed E-state index contributed by atoms with van der Waals surface area (Å²) in [4.78, 5) is 33.9. The predicted octanol–water partition coefficient (Wildman–Crippen LogP) is 2.72. The van der Waals surface area contributed by atoms with Crippen LogP contribution in [-0.2, 0) is 16.0 Å². The molecule has 2 aromatic heterocycles. The number of carbonyl (C=O) groups is 2. The summed E-state index contributed by atoms with van der Waals surface area (Å²) >= 11 is 1.44. The van der Waals surface area contributed by atoms with Crippen LogP contribution in [0, 0.1) is 13.8 Å². The van der Waals surface area contributed by atoms with Crippen LogP contribution in [0.3, 0.4) is 0 Å². The first-order valence-corrected chi connectivity index (χ1v) is 10.9. The number of benzene rings is 1. The minimum absolute atomic E-state index is 0.165. The van der Waals surface area contributed by atoms with Gasteiger partial charge in [-0.3, -0.25) is 25.3 Å². The normalized spacial score (nSPS) is 14.5. The first-order chi connectivity index (χ1) is 14.5. The minimum Gasteiger partial charge on any atom is -0.358 e. The molecule has 2 amide bonds. The Morgan fingerprint density at radius 2 is 2.00 bits per heavy atom. The highest BCUT2D eigenvalue weighted by Crippen LogP contribution is 2.31. The number of rotatable bonds is 5. The summed E-state index contributed by atoms with van der Waals surface area (Å²) in [7, 11) is 0. The van der Waals surface area contributed by atoms with Crippen LogP contribution >= 0.6 is 11.3 Å². The molecule has 4 rings (SSSR count). The van der Waals surface area contributed by atoms with E-state index >= 15 is 0 Å². The highest BCUT2D eigenvalue weighted by atomic mass is 32.1. The van der Waals surface area contributed by atoms with Crippen molar-refractivity contribution >= 4 is 39.6 Å². The Labute approximate surface area is 179 Å². The molecule has 156 valence electrons. The number of nitrogens with one attached hydrogen (secondary N) is 3. The number of fused-ring (bicyclic) bond motifs is 1. The molecule has 0 bridgehead atoms. The lowest BCUT2D eigenvalue weighted by atomic mass is 9.97. The van der Waals surface area contributed by atoms with Crippen molar-refractivity contribution in [3.05, 3.63) is 57.7 Å². The van der Waals surface area contributed by atoms with Crippen LogP contribution in [-0.4, -0.2) is 46.3 Å². The van der Waals surface area contributed by atoms with Gasteiger partial charge in [-0.25, -0.2) is 4.98 Å². The van der Waals surface area contributed by atoms with Crippen LogP contribution in [0.4, 0.5) is 0 Å². The first-order valence-electron chi connectivity index (χ1n) is 9.97. The molecule has 8 heteroatoms. The van der Waals surface area contributed by atoms with E-state index in [9.17, 15) is 9.59 Å². The SMILES string of the molecule is Cc1csc(CC(=O)NNC(=O)CN2CC=C(c3c(C)[nH]c4ccccc34)CC2)n1. The molecular formula is C22H25N5O2S. The molecule has 3 heterocycles. The highest BCUT2D eigenvalue weighted by molar-refractivity contribution is 7.09. The molecule has 0 aliphatic carbocycles. The van der Waals surface area contributed by atoms with Gasteiger partial charge >= 0.3 is 0 Å². The lowest BCUT2D eigenvalue weighted by Gasteiger charge is -2.26. The number of hydrogen-bond donors (Lipinski definition) is 3. The number of nitrogens with zero attached hydrogens (tertiary/aromatic N) is 2. The summed E-state index contributed by atoms with van der Waals surface area (Å²) in [6, 6.07) is 8.33. The summed E-state index contributed by atoms with van der Waals surface area (Å²) < 4.78 is 0. The van der Waals surface area contributed by atoms with Gasteiger partial charge in [-0.15, -0.1) is 11.3 Å². The smallest absolute Gasteiger partial charge is 0.252 e. The maximum absolute atomic E-state index is 12.2. The highest BCUT2D eigenvalue weighted by Gasteiger charge is 2.19. The van der Waals surface area contributed by atoms with E-state index < -0.39 is 0 Å². The van der Waals surface area contributed by atoms with E-state index in [-0.39, 0.29) is 24.8 Å². The van der Waals surface area contributed by atoms with Gasteiger partial charge in [-0.05, 0) is 31.9 Å². The number of para-hydroxylation sites is 1. The molecule has 0 saturated heterocycles. The standard InChI is InChI=1S/C22H25N5O2S/c1-14-13-30-21(23-14)11-19(28)25-26-20(29)12-27-9-7-16(8-10-27)22-15(2)24-18-6-4-3-5-17(18)22/h3-7,13,24H,8-12H2,1-2H3,(H,25,28)(H,26,29). The van der Waals surface area contributed by atoms with Gasteiger partial charge in [-0.2, -0.15) is 0 Å². The van der Waals surface area contributed by atoms with Gasteiger partial charge in [0, 0.05) is 46.3 Å². The Balaban J connectivity index is 1.28. The number of hydrogen-bond acceptors (Lipinski definition) is 5. The number of H-pyrrole nitrogens is 1. The van der Waals surface area contributed by atoms with Crippen molar-refractivity contribution in [3.63, 3.8) is 0 Å². The number of aryl methyl sites for hydroxylation is 2. The second-order valence-corrected chi connectivity index (χ2v) is 8.48. The van der Waals surface area contributed by atoms with Crippen molar-refractivity contribution in [1.82, 2.24) is 25.7 Å². The molecule has 3 aromatic rings. The first kappa shape index (κ1) is 20.3. The topological polar surface area (TPSA) is 90.1 Å². The van der Waals surface area contributed by atoms with E-state index in [1.54, 1.807) is 0 Å². The number of carbonyl (C=O) groups excluding carboxylic acids is 2. The maximum atomic E-state index is 12.2. The number of aromatic nitrogens is 2. The van der Waals surface area contributed by atoms with E-state index in [1.807, 2.05) is 18.4 Å². The fourth-order valence-corrected chi connectivity index (χ4v) is 4.59. The van der Waals surface area contributed by atoms with Gasteiger partial charge < -0.3 is 4.98 Å². The van der Waals surface area contributed by atoms with Crippen molar-refractivity contribution in [2.45, 2.75) is 26.7 Å². The van der Waals surface area contributed by atoms with Crippen molar-refractivity contribution < 1.29 is 9.59 Å². The Morgan fingerprint density at radius 3 is 2.73 bits per heavy atom. The maximum Gasteiger partial charge on any atom is 0.252 e. The van der Waals surface area contributed by atoms with Crippen molar-refractivity contribution in [1.29, 1.82) is 0 Å². The molecule has 1 aliphatic rings. The quantitative estimate of drug-likeness (QED) is 0.551. The lowest BCUT2D eigenvalue weighted by molar-refractivity contribution is -0.129. The summed E-state index contributed by atoms with van der Waals surface area (Å²) in [5, 5.41) is 3.88. The van der Waals surface area contributed by atoms with Gasteiger partial charge in [0.05, 0.1) is 13.0 Å². The van der Waals surface area contributed by atoms with Gasteiger partial charge in [0.1, 0.15) is 5.01 Å². The molecule has 1 aliphatic heterocycles. The molecule has 0 spiro atoms. The molecule has 0 atom stereocenters. The van der Waals surface area contributed by atoms with Gasteiger partial charge in [0.15, 0.2) is 0 Å². The monoisotopic (exact) mass is 423 g/mol. The minimum atomic E-state index is -0.270. The molecule has 0 fully saturated rings. The number of aromatic amines is 1. The fraction of sp³-hybridized carbons (Fsp3) is 0.318. The Kier molecular flexibility index (Phi) is 5.96. The largest absolute Gasteiger partial charge is 0.358 e. The zero-order chi connectivity index (χ0) is 21.1. The zero-order valence-electron chi connectivity index (χ0n) is 17.1. The Hall–Kier alpha value is -2.97. The van der Waals surface area contributed by atoms with Crippen molar-refractivity contribution in [3.8, 4) is 0 Å². The molecule has 0 saturated carbocycles. The van der Waals surface area contributed by atoms with E-state index in [4.69, 9.17) is 0 Å². The summed E-state index contributed by atoms with van der Waals surface area (Å²) in [6.07, 6.45) is 3.24. The molecular weight excluding hydrogens is 398 g/mol. The molecule has 1 aromatic carbocycles. The average molecular weight is 424 g/mol. The predicted molar refractivity (Wildman–Crippen MR) is 119 cm³/mol. The van der Waals surface area contributed by atoms with E-state index in [1.165, 1.54) is 33.6 Å². The second kappa shape index (κ2) is 8.81. The molecule has 3 N–H and O–H groups in total. The van der Waals surface area contributed by atoms with Gasteiger partial charge in [0.2, 0.25) is 5.91 Å². The van der Waals surface area contributed by atoms with E-state index in [0.717, 1.165) is 29.2 Å². The molecule has 7 nitrogen and oxygen atoms in total. The summed E-state index contributed by atoms with van der Waals surface area (Å²) in [6.45, 7) is 5.73. The Bertz CT molecular complexity index is 1110. The summed E-state index contributed by atoms with van der Waals surface area (Å²) in [5.74, 6) is -0.493. The van der Waals surface area contributed by atoms with Crippen LogP contribution in [0.25, 0.3) is 16.5 Å². The Morgan fingerprint density at radius 1 is 1.20 bits per heavy atom. The lowest BCUT2D eigenvalue weighted by Crippen LogP contribution is -2.47. The van der Waals surface area contributed by atoms with Crippen LogP contribution in [0.2, 0.25) is 0 Å². The third kappa shape index (κ3) is 4.60. The van der Waals surface area contributed by atoms with Gasteiger partial charge in [-0.1, -0.05) is 24.3 Å². The molecule has 0 radical (unpaired) electrons. The zero-order valence-corrected chi connectivity index (χ0v) is 17.9. The molecule has 0 unspecified atom stereocenters. The second-order valence-electron chi connectivity index (χ2n) is 7.54. The summed E-state index contributed by atoms with van der Waals surface area (Å²) in [5.41, 5.74) is 10.8. The number of amides is 2. The van der Waals surface area contributed by atoms with Crippen LogP contribution in [0.5, 0.6) is 0 Å². The van der Waals surface area contributed by atoms with Crippen molar-refractivity contribution in [2.75, 3.05) is 19.6 Å². The third-order valence-corrected chi connectivity index (χ3v) is 6.16. The van der Waals surface area contributed by atoms with E-state index in [0.29, 0.717) is 6.54 Å². The van der Waals surface area contributed by atoms with E-state index in [2.05, 4.69) is 56.9 Å². The van der Waals surface area contributed by atoms with Gasteiger partial charge in [0.25, 0.3) is 5.91 Å². The van der Waals surface area contributed by atoms with Crippen LogP contribution in [0.15, 0.2) is 35.7 Å². The number of hydrazine groups is 1. The van der Waals surface area contributed by atoms with Crippen molar-refractivity contribution in [2.24, 2.45) is 0 Å². The number of thiazole rings is 1. The average Bonchev–Trinajstić information content (AvgIpc) is 3.29. The third-order valence-electron chi connectivity index (χ3n) is 5.19. The van der Waals surface area contributed by atoms with Crippen LogP contribution < -0.4 is 10.9 Å². The fourth-order valence-electron chi connectivity index (χ4n) is 3.82.